The van der Waals surface area contributed by atoms with E-state index >= 15 is 0 Å². The summed E-state index contributed by atoms with van der Waals surface area (Å²) < 4.78 is 21.0. The lowest BCUT2D eigenvalue weighted by Crippen LogP contribution is -2.12. The van der Waals surface area contributed by atoms with Crippen molar-refractivity contribution in [2.45, 2.75) is 13.8 Å². The van der Waals surface area contributed by atoms with E-state index in [0.717, 1.165) is 5.56 Å². The standard InChI is InChI=1S/C26H22FN3O3/c1-3-33-26(32)22-16-24(30(29-22)23-13-5-4-12-21(23)27)18-9-7-11-20(15-18)28-25(31)19-10-6-8-17(2)14-19/h4-16H,3H2,1-2H3,(H,28,31). The second-order valence-electron chi connectivity index (χ2n) is 7.40. The summed E-state index contributed by atoms with van der Waals surface area (Å²) in [5.74, 6) is -1.33. The minimum Gasteiger partial charge on any atom is -0.461 e. The number of ether oxygens (including phenoxy) is 1. The fourth-order valence-electron chi connectivity index (χ4n) is 3.44. The lowest BCUT2D eigenvalue weighted by atomic mass is 10.1. The number of carbonyl (C=O) groups is 2. The van der Waals surface area contributed by atoms with E-state index in [4.69, 9.17) is 4.74 Å². The van der Waals surface area contributed by atoms with E-state index in [1.807, 2.05) is 19.1 Å². The Morgan fingerprint density at radius 3 is 2.55 bits per heavy atom. The molecule has 0 saturated carbocycles. The van der Waals surface area contributed by atoms with Crippen molar-refractivity contribution < 1.29 is 18.7 Å². The Morgan fingerprint density at radius 2 is 1.79 bits per heavy atom. The molecular formula is C26H22FN3O3. The van der Waals surface area contributed by atoms with Crippen molar-refractivity contribution in [2.24, 2.45) is 0 Å². The number of anilines is 1. The van der Waals surface area contributed by atoms with E-state index in [1.54, 1.807) is 67.6 Å². The zero-order chi connectivity index (χ0) is 23.4. The minimum atomic E-state index is -0.599. The van der Waals surface area contributed by atoms with Gasteiger partial charge < -0.3 is 10.1 Å². The monoisotopic (exact) mass is 443 g/mol. The van der Waals surface area contributed by atoms with Crippen molar-refractivity contribution >= 4 is 17.6 Å². The van der Waals surface area contributed by atoms with Gasteiger partial charge in [-0.1, -0.05) is 42.0 Å². The van der Waals surface area contributed by atoms with Gasteiger partial charge in [0.1, 0.15) is 11.5 Å². The molecule has 4 rings (SSSR count). The maximum Gasteiger partial charge on any atom is 0.358 e. The normalized spacial score (nSPS) is 10.6. The maximum absolute atomic E-state index is 14.6. The van der Waals surface area contributed by atoms with Crippen LogP contribution in [0.25, 0.3) is 16.9 Å². The number of aryl methyl sites for hydroxylation is 1. The van der Waals surface area contributed by atoms with Gasteiger partial charge in [-0.2, -0.15) is 5.10 Å². The highest BCUT2D eigenvalue weighted by Crippen LogP contribution is 2.28. The molecule has 1 N–H and O–H groups in total. The van der Waals surface area contributed by atoms with Crippen molar-refractivity contribution in [3.05, 3.63) is 102 Å². The number of hydrogen-bond donors (Lipinski definition) is 1. The molecule has 0 aliphatic rings. The molecule has 1 heterocycles. The van der Waals surface area contributed by atoms with E-state index in [1.165, 1.54) is 10.7 Å². The Labute approximate surface area is 190 Å². The van der Waals surface area contributed by atoms with Crippen LogP contribution in [0, 0.1) is 12.7 Å². The third-order valence-electron chi connectivity index (χ3n) is 4.97. The number of hydrogen-bond acceptors (Lipinski definition) is 4. The van der Waals surface area contributed by atoms with Crippen LogP contribution in [0.2, 0.25) is 0 Å². The van der Waals surface area contributed by atoms with Crippen LogP contribution in [0.5, 0.6) is 0 Å². The summed E-state index contributed by atoms with van der Waals surface area (Å²) >= 11 is 0. The number of rotatable bonds is 6. The summed E-state index contributed by atoms with van der Waals surface area (Å²) in [7, 11) is 0. The maximum atomic E-state index is 14.6. The first kappa shape index (κ1) is 22.0. The topological polar surface area (TPSA) is 73.2 Å². The highest BCUT2D eigenvalue weighted by atomic mass is 19.1. The molecule has 6 nitrogen and oxygen atoms in total. The van der Waals surface area contributed by atoms with Crippen molar-refractivity contribution in [2.75, 3.05) is 11.9 Å². The second kappa shape index (κ2) is 9.48. The van der Waals surface area contributed by atoms with Gasteiger partial charge in [-0.3, -0.25) is 4.79 Å². The van der Waals surface area contributed by atoms with Crippen LogP contribution in [0.1, 0.15) is 33.3 Å². The van der Waals surface area contributed by atoms with E-state index < -0.39 is 11.8 Å². The van der Waals surface area contributed by atoms with Gasteiger partial charge in [-0.25, -0.2) is 13.9 Å². The molecule has 0 aliphatic carbocycles. The lowest BCUT2D eigenvalue weighted by Gasteiger charge is -2.11. The smallest absolute Gasteiger partial charge is 0.358 e. The molecule has 0 fully saturated rings. The van der Waals surface area contributed by atoms with Crippen LogP contribution in [-0.2, 0) is 4.74 Å². The highest BCUT2D eigenvalue weighted by Gasteiger charge is 2.19. The molecule has 0 bridgehead atoms. The predicted octanol–water partition coefficient (Wildman–Crippen LogP) is 5.42. The lowest BCUT2D eigenvalue weighted by molar-refractivity contribution is 0.0518. The van der Waals surface area contributed by atoms with Crippen LogP contribution in [0.15, 0.2) is 78.9 Å². The van der Waals surface area contributed by atoms with Crippen LogP contribution >= 0.6 is 0 Å². The Hall–Kier alpha value is -4.26. The fourth-order valence-corrected chi connectivity index (χ4v) is 3.44. The number of halogens is 1. The van der Waals surface area contributed by atoms with Gasteiger partial charge in [-0.15, -0.1) is 0 Å². The van der Waals surface area contributed by atoms with Crippen molar-refractivity contribution in [1.82, 2.24) is 9.78 Å². The number of esters is 1. The van der Waals surface area contributed by atoms with Crippen LogP contribution in [0.3, 0.4) is 0 Å². The molecule has 0 saturated heterocycles. The summed E-state index contributed by atoms with van der Waals surface area (Å²) in [6.45, 7) is 3.82. The molecule has 0 aliphatic heterocycles. The number of aromatic nitrogens is 2. The SMILES string of the molecule is CCOC(=O)c1cc(-c2cccc(NC(=O)c3cccc(C)c3)c2)n(-c2ccccc2F)n1. The fraction of sp³-hybridized carbons (Fsp3) is 0.115. The molecule has 33 heavy (non-hydrogen) atoms. The Morgan fingerprint density at radius 1 is 1.00 bits per heavy atom. The van der Waals surface area contributed by atoms with E-state index in [-0.39, 0.29) is 23.9 Å². The van der Waals surface area contributed by atoms with Crippen LogP contribution in [0.4, 0.5) is 10.1 Å². The van der Waals surface area contributed by atoms with Crippen LogP contribution in [-0.4, -0.2) is 28.3 Å². The van der Waals surface area contributed by atoms with Crippen LogP contribution < -0.4 is 5.32 Å². The van der Waals surface area contributed by atoms with E-state index in [0.29, 0.717) is 22.5 Å². The average molecular weight is 443 g/mol. The Bertz CT molecular complexity index is 1330. The molecule has 1 amide bonds. The van der Waals surface area contributed by atoms with Gasteiger partial charge in [0.25, 0.3) is 5.91 Å². The van der Waals surface area contributed by atoms with E-state index in [2.05, 4.69) is 10.4 Å². The minimum absolute atomic E-state index is 0.0595. The van der Waals surface area contributed by atoms with Crippen molar-refractivity contribution in [3.8, 4) is 16.9 Å². The summed E-state index contributed by atoms with van der Waals surface area (Å²) in [6.07, 6.45) is 0. The second-order valence-corrected chi connectivity index (χ2v) is 7.40. The van der Waals surface area contributed by atoms with E-state index in [9.17, 15) is 14.0 Å². The quantitative estimate of drug-likeness (QED) is 0.404. The molecule has 0 unspecified atom stereocenters. The Kier molecular flexibility index (Phi) is 6.31. The summed E-state index contributed by atoms with van der Waals surface area (Å²) in [5, 5.41) is 7.18. The number of amides is 1. The molecule has 7 heteroatoms. The third kappa shape index (κ3) is 4.82. The molecule has 3 aromatic carbocycles. The van der Waals surface area contributed by atoms with Gasteiger partial charge in [0.2, 0.25) is 0 Å². The molecular weight excluding hydrogens is 421 g/mol. The number of nitrogens with zero attached hydrogens (tertiary/aromatic N) is 2. The highest BCUT2D eigenvalue weighted by molar-refractivity contribution is 6.04. The first-order valence-electron chi connectivity index (χ1n) is 10.5. The molecule has 4 aromatic rings. The molecule has 0 spiro atoms. The van der Waals surface area contributed by atoms with Gasteiger partial charge in [0.15, 0.2) is 5.69 Å². The molecule has 1 aromatic heterocycles. The Balaban J connectivity index is 1.73. The number of carbonyl (C=O) groups excluding carboxylic acids is 2. The molecule has 0 atom stereocenters. The van der Waals surface area contributed by atoms with Gasteiger partial charge in [0.05, 0.1) is 12.3 Å². The first-order chi connectivity index (χ1) is 16.0. The number of para-hydroxylation sites is 1. The first-order valence-corrected chi connectivity index (χ1v) is 10.5. The third-order valence-corrected chi connectivity index (χ3v) is 4.97. The zero-order valence-corrected chi connectivity index (χ0v) is 18.2. The largest absolute Gasteiger partial charge is 0.461 e. The molecule has 0 radical (unpaired) electrons. The average Bonchev–Trinajstić information content (AvgIpc) is 3.25. The number of benzene rings is 3. The zero-order valence-electron chi connectivity index (χ0n) is 18.2. The predicted molar refractivity (Wildman–Crippen MR) is 124 cm³/mol. The van der Waals surface area contributed by atoms with Gasteiger partial charge >= 0.3 is 5.97 Å². The van der Waals surface area contributed by atoms with Gasteiger partial charge in [0, 0.05) is 16.8 Å². The number of nitrogens with one attached hydrogen (secondary N) is 1. The van der Waals surface area contributed by atoms with Crippen molar-refractivity contribution in [3.63, 3.8) is 0 Å². The summed E-state index contributed by atoms with van der Waals surface area (Å²) in [5.41, 5.74) is 3.45. The summed E-state index contributed by atoms with van der Waals surface area (Å²) in [6, 6.07) is 22.1. The van der Waals surface area contributed by atoms with Gasteiger partial charge in [-0.05, 0) is 56.3 Å². The molecule has 166 valence electrons. The summed E-state index contributed by atoms with van der Waals surface area (Å²) in [4.78, 5) is 25.0. The van der Waals surface area contributed by atoms with Crippen molar-refractivity contribution in [1.29, 1.82) is 0 Å².